The predicted molar refractivity (Wildman–Crippen MR) is 81.5 cm³/mol. The molecule has 1 aliphatic heterocycles. The summed E-state index contributed by atoms with van der Waals surface area (Å²) in [6, 6.07) is -0.354. The van der Waals surface area contributed by atoms with Crippen LogP contribution in [0, 0.1) is 18.8 Å². The molecule has 0 spiro atoms. The third kappa shape index (κ3) is 2.66. The van der Waals surface area contributed by atoms with Crippen molar-refractivity contribution in [2.24, 2.45) is 11.8 Å². The molecule has 6 nitrogen and oxygen atoms in total. The summed E-state index contributed by atoms with van der Waals surface area (Å²) in [5, 5.41) is 10.5. The van der Waals surface area contributed by atoms with E-state index in [1.807, 2.05) is 25.2 Å². The SMILES string of the molecule is Cc1noc(C(C)NC(=O)C2=CC3C(=CC=C(Cl)C3C)N2)n1. The van der Waals surface area contributed by atoms with E-state index < -0.39 is 0 Å². The molecule has 1 aliphatic carbocycles. The van der Waals surface area contributed by atoms with E-state index in [1.54, 1.807) is 13.8 Å². The quantitative estimate of drug-likeness (QED) is 0.893. The van der Waals surface area contributed by atoms with Gasteiger partial charge in [-0.15, -0.1) is 0 Å². The number of allylic oxidation sites excluding steroid dienone is 4. The van der Waals surface area contributed by atoms with Crippen LogP contribution >= 0.6 is 11.6 Å². The lowest BCUT2D eigenvalue weighted by Gasteiger charge is -2.22. The summed E-state index contributed by atoms with van der Waals surface area (Å²) in [5.41, 5.74) is 1.51. The molecule has 1 amide bonds. The Bertz CT molecular complexity index is 704. The average Bonchev–Trinajstić information content (AvgIpc) is 3.09. The number of aryl methyl sites for hydroxylation is 1. The molecule has 7 heteroatoms. The topological polar surface area (TPSA) is 80.0 Å². The zero-order valence-corrected chi connectivity index (χ0v) is 13.3. The number of fused-ring (bicyclic) bond motifs is 1. The molecule has 1 aromatic rings. The molecule has 1 aromatic heterocycles. The Morgan fingerprint density at radius 1 is 1.50 bits per heavy atom. The van der Waals surface area contributed by atoms with Crippen LogP contribution in [0.5, 0.6) is 0 Å². The van der Waals surface area contributed by atoms with Gasteiger partial charge in [0.15, 0.2) is 5.82 Å². The second kappa shape index (κ2) is 5.61. The maximum Gasteiger partial charge on any atom is 0.268 e. The second-order valence-electron chi connectivity index (χ2n) is 5.57. The molecule has 116 valence electrons. The number of hydrogen-bond acceptors (Lipinski definition) is 5. The van der Waals surface area contributed by atoms with Crippen LogP contribution in [0.4, 0.5) is 0 Å². The van der Waals surface area contributed by atoms with Crippen LogP contribution < -0.4 is 10.6 Å². The van der Waals surface area contributed by atoms with Crippen molar-refractivity contribution in [2.75, 3.05) is 0 Å². The van der Waals surface area contributed by atoms with Gasteiger partial charge in [-0.25, -0.2) is 0 Å². The van der Waals surface area contributed by atoms with Crippen molar-refractivity contribution in [3.63, 3.8) is 0 Å². The van der Waals surface area contributed by atoms with Gasteiger partial charge in [-0.3, -0.25) is 4.79 Å². The van der Waals surface area contributed by atoms with E-state index in [1.165, 1.54) is 0 Å². The molecule has 0 radical (unpaired) electrons. The van der Waals surface area contributed by atoms with Gasteiger partial charge < -0.3 is 15.2 Å². The van der Waals surface area contributed by atoms with E-state index in [2.05, 4.69) is 20.8 Å². The lowest BCUT2D eigenvalue weighted by Crippen LogP contribution is -2.32. The Balaban J connectivity index is 1.69. The molecule has 3 rings (SSSR count). The van der Waals surface area contributed by atoms with Crippen molar-refractivity contribution in [3.8, 4) is 0 Å². The van der Waals surface area contributed by atoms with E-state index in [9.17, 15) is 4.79 Å². The number of nitrogens with zero attached hydrogens (tertiary/aromatic N) is 2. The van der Waals surface area contributed by atoms with Crippen LogP contribution in [0.2, 0.25) is 0 Å². The minimum absolute atomic E-state index is 0.110. The van der Waals surface area contributed by atoms with Crippen LogP contribution in [0.3, 0.4) is 0 Å². The minimum atomic E-state index is -0.354. The zero-order valence-electron chi connectivity index (χ0n) is 12.6. The Morgan fingerprint density at radius 3 is 2.95 bits per heavy atom. The number of aromatic nitrogens is 2. The van der Waals surface area contributed by atoms with Gasteiger partial charge in [0.2, 0.25) is 5.89 Å². The highest BCUT2D eigenvalue weighted by atomic mass is 35.5. The molecule has 3 unspecified atom stereocenters. The molecule has 0 aromatic carbocycles. The first-order chi connectivity index (χ1) is 10.5. The number of halogens is 1. The summed E-state index contributed by atoms with van der Waals surface area (Å²) < 4.78 is 5.06. The highest BCUT2D eigenvalue weighted by molar-refractivity contribution is 6.30. The number of carbonyl (C=O) groups excluding carboxylic acids is 1. The lowest BCUT2D eigenvalue weighted by atomic mass is 9.88. The zero-order chi connectivity index (χ0) is 15.9. The molecule has 2 heterocycles. The van der Waals surface area contributed by atoms with Gasteiger partial charge in [0.1, 0.15) is 11.7 Å². The standard InChI is InChI=1S/C15H17ClN4O2/c1-7-10-6-13(19-12(10)5-4-11(7)16)14(21)17-8(2)15-18-9(3)20-22-15/h4-8,10,19H,1-3H3,(H,17,21). The molecule has 2 N–H and O–H groups in total. The van der Waals surface area contributed by atoms with E-state index in [0.29, 0.717) is 17.4 Å². The van der Waals surface area contributed by atoms with Crippen molar-refractivity contribution in [1.82, 2.24) is 20.8 Å². The largest absolute Gasteiger partial charge is 0.354 e. The summed E-state index contributed by atoms with van der Waals surface area (Å²) in [4.78, 5) is 16.5. The summed E-state index contributed by atoms with van der Waals surface area (Å²) in [5.74, 6) is 0.996. The summed E-state index contributed by atoms with van der Waals surface area (Å²) in [7, 11) is 0. The first-order valence-electron chi connectivity index (χ1n) is 7.13. The molecule has 3 atom stereocenters. The average molecular weight is 321 g/mol. The molecule has 0 saturated heterocycles. The number of carbonyl (C=O) groups is 1. The van der Waals surface area contributed by atoms with Gasteiger partial charge in [-0.05, 0) is 32.1 Å². The van der Waals surface area contributed by atoms with E-state index >= 15 is 0 Å². The van der Waals surface area contributed by atoms with Crippen molar-refractivity contribution in [1.29, 1.82) is 0 Å². The van der Waals surface area contributed by atoms with Crippen molar-refractivity contribution in [3.05, 3.63) is 46.4 Å². The van der Waals surface area contributed by atoms with Crippen LogP contribution in [0.1, 0.15) is 31.6 Å². The first-order valence-corrected chi connectivity index (χ1v) is 7.50. The fourth-order valence-electron chi connectivity index (χ4n) is 2.57. The predicted octanol–water partition coefficient (Wildman–Crippen LogP) is 2.31. The Hall–Kier alpha value is -2.08. The normalized spacial score (nSPS) is 24.6. The highest BCUT2D eigenvalue weighted by Gasteiger charge is 2.32. The Labute approximate surface area is 133 Å². The summed E-state index contributed by atoms with van der Waals surface area (Å²) in [6.45, 7) is 5.57. The summed E-state index contributed by atoms with van der Waals surface area (Å²) >= 11 is 6.16. The Morgan fingerprint density at radius 2 is 2.27 bits per heavy atom. The van der Waals surface area contributed by atoms with Crippen LogP contribution in [0.25, 0.3) is 0 Å². The molecule has 0 saturated carbocycles. The maximum absolute atomic E-state index is 12.4. The minimum Gasteiger partial charge on any atom is -0.354 e. The second-order valence-corrected chi connectivity index (χ2v) is 6.00. The fraction of sp³-hybridized carbons (Fsp3) is 0.400. The number of amides is 1. The maximum atomic E-state index is 12.4. The smallest absolute Gasteiger partial charge is 0.268 e. The van der Waals surface area contributed by atoms with Gasteiger partial charge >= 0.3 is 0 Å². The van der Waals surface area contributed by atoms with Crippen LogP contribution in [0.15, 0.2) is 39.2 Å². The summed E-state index contributed by atoms with van der Waals surface area (Å²) in [6.07, 6.45) is 5.69. The molecule has 0 fully saturated rings. The third-order valence-corrected chi connectivity index (χ3v) is 4.36. The molecule has 0 bridgehead atoms. The first kappa shape index (κ1) is 14.8. The molecular weight excluding hydrogens is 304 g/mol. The highest BCUT2D eigenvalue weighted by Crippen LogP contribution is 2.37. The monoisotopic (exact) mass is 320 g/mol. The van der Waals surface area contributed by atoms with E-state index in [4.69, 9.17) is 16.1 Å². The van der Waals surface area contributed by atoms with Gasteiger partial charge in [0.05, 0.1) is 0 Å². The molecular formula is C15H17ClN4O2. The molecule has 2 aliphatic rings. The van der Waals surface area contributed by atoms with Gasteiger partial charge in [0.25, 0.3) is 5.91 Å². The molecule has 22 heavy (non-hydrogen) atoms. The number of hydrogen-bond donors (Lipinski definition) is 2. The van der Waals surface area contributed by atoms with Crippen molar-refractivity contribution >= 4 is 17.5 Å². The van der Waals surface area contributed by atoms with Gasteiger partial charge in [-0.1, -0.05) is 23.7 Å². The fourth-order valence-corrected chi connectivity index (χ4v) is 2.77. The van der Waals surface area contributed by atoms with Crippen LogP contribution in [-0.2, 0) is 4.79 Å². The van der Waals surface area contributed by atoms with Crippen LogP contribution in [-0.4, -0.2) is 16.0 Å². The third-order valence-electron chi connectivity index (χ3n) is 3.89. The van der Waals surface area contributed by atoms with Gasteiger partial charge in [0, 0.05) is 22.6 Å². The van der Waals surface area contributed by atoms with Gasteiger partial charge in [-0.2, -0.15) is 4.98 Å². The van der Waals surface area contributed by atoms with Crippen molar-refractivity contribution < 1.29 is 9.32 Å². The van der Waals surface area contributed by atoms with E-state index in [-0.39, 0.29) is 23.8 Å². The number of rotatable bonds is 3. The Kier molecular flexibility index (Phi) is 3.78. The van der Waals surface area contributed by atoms with Crippen molar-refractivity contribution in [2.45, 2.75) is 26.8 Å². The lowest BCUT2D eigenvalue weighted by molar-refractivity contribution is -0.118. The van der Waals surface area contributed by atoms with E-state index in [0.717, 1.165) is 10.7 Å². The number of nitrogens with one attached hydrogen (secondary N) is 2.